The van der Waals surface area contributed by atoms with Gasteiger partial charge < -0.3 is 15.4 Å². The minimum absolute atomic E-state index is 0.0505. The fourth-order valence-corrected chi connectivity index (χ4v) is 3.15. The quantitative estimate of drug-likeness (QED) is 0.737. The van der Waals surface area contributed by atoms with Crippen molar-refractivity contribution < 1.29 is 14.3 Å². The summed E-state index contributed by atoms with van der Waals surface area (Å²) in [5, 5.41) is 5.90. The average Bonchev–Trinajstić information content (AvgIpc) is 2.69. The van der Waals surface area contributed by atoms with E-state index in [9.17, 15) is 9.59 Å². The van der Waals surface area contributed by atoms with E-state index in [1.807, 2.05) is 31.2 Å². The van der Waals surface area contributed by atoms with Crippen LogP contribution in [-0.4, -0.2) is 24.5 Å². The van der Waals surface area contributed by atoms with Crippen LogP contribution in [0.4, 0.5) is 11.4 Å². The molecule has 142 valence electrons. The second-order valence-corrected chi connectivity index (χ2v) is 7.01. The van der Waals surface area contributed by atoms with Crippen molar-refractivity contribution >= 4 is 23.3 Å². The first kappa shape index (κ1) is 19.0. The number of carbonyl (C=O) groups excluding carboxylic acids is 2. The summed E-state index contributed by atoms with van der Waals surface area (Å²) >= 11 is 0. The van der Waals surface area contributed by atoms with E-state index in [1.165, 1.54) is 6.42 Å². The van der Waals surface area contributed by atoms with Gasteiger partial charge in [0.25, 0.3) is 0 Å². The molecule has 1 fully saturated rings. The second-order valence-electron chi connectivity index (χ2n) is 7.01. The first-order chi connectivity index (χ1) is 13.1. The van der Waals surface area contributed by atoms with Gasteiger partial charge in [0, 0.05) is 11.4 Å². The number of esters is 1. The number of hydrogen-bond donors (Lipinski definition) is 2. The summed E-state index contributed by atoms with van der Waals surface area (Å²) in [5.74, 6) is -0.398. The van der Waals surface area contributed by atoms with Crippen LogP contribution >= 0.6 is 0 Å². The molecule has 0 unspecified atom stereocenters. The highest BCUT2D eigenvalue weighted by Gasteiger charge is 2.18. The lowest BCUT2D eigenvalue weighted by molar-refractivity contribution is -0.114. The first-order valence-electron chi connectivity index (χ1n) is 9.51. The Morgan fingerprint density at radius 2 is 1.56 bits per heavy atom. The standard InChI is InChI=1S/C22H26N2O3/c1-16-7-11-19(12-8-16)24-21(25)15-23-18-13-9-17(10-14-18)22(26)27-20-5-3-2-4-6-20/h7-14,20,23H,2-6,15H2,1H3,(H,24,25). The van der Waals surface area contributed by atoms with Gasteiger partial charge in [-0.15, -0.1) is 0 Å². The Bertz CT molecular complexity index is 763. The van der Waals surface area contributed by atoms with Crippen LogP contribution in [0.5, 0.6) is 0 Å². The molecule has 1 aliphatic rings. The maximum absolute atomic E-state index is 12.2. The molecular formula is C22H26N2O3. The lowest BCUT2D eigenvalue weighted by Crippen LogP contribution is -2.22. The molecule has 0 aliphatic heterocycles. The Hall–Kier alpha value is -2.82. The molecular weight excluding hydrogens is 340 g/mol. The number of aryl methyl sites for hydroxylation is 1. The van der Waals surface area contributed by atoms with Crippen LogP contribution in [0.15, 0.2) is 48.5 Å². The van der Waals surface area contributed by atoms with Gasteiger partial charge in [0.05, 0.1) is 12.1 Å². The van der Waals surface area contributed by atoms with Crippen molar-refractivity contribution in [3.05, 3.63) is 59.7 Å². The maximum atomic E-state index is 12.2. The highest BCUT2D eigenvalue weighted by Crippen LogP contribution is 2.21. The molecule has 5 heteroatoms. The van der Waals surface area contributed by atoms with Gasteiger partial charge in [-0.1, -0.05) is 24.1 Å². The van der Waals surface area contributed by atoms with Gasteiger partial charge in [-0.05, 0) is 69.0 Å². The van der Waals surface area contributed by atoms with Gasteiger partial charge in [0.1, 0.15) is 6.10 Å². The molecule has 3 rings (SSSR count). The third-order valence-corrected chi connectivity index (χ3v) is 4.73. The van der Waals surface area contributed by atoms with E-state index in [0.29, 0.717) is 5.56 Å². The van der Waals surface area contributed by atoms with Crippen LogP contribution in [-0.2, 0) is 9.53 Å². The minimum Gasteiger partial charge on any atom is -0.459 e. The Morgan fingerprint density at radius 1 is 0.926 bits per heavy atom. The fourth-order valence-electron chi connectivity index (χ4n) is 3.15. The van der Waals surface area contributed by atoms with E-state index >= 15 is 0 Å². The molecule has 0 aromatic heterocycles. The molecule has 0 bridgehead atoms. The monoisotopic (exact) mass is 366 g/mol. The van der Waals surface area contributed by atoms with Crippen LogP contribution in [0, 0.1) is 6.92 Å². The molecule has 2 N–H and O–H groups in total. The predicted molar refractivity (Wildman–Crippen MR) is 107 cm³/mol. The Labute approximate surface area is 160 Å². The summed E-state index contributed by atoms with van der Waals surface area (Å²) in [5.41, 5.74) is 3.24. The van der Waals surface area contributed by atoms with Gasteiger partial charge in [-0.25, -0.2) is 4.79 Å². The van der Waals surface area contributed by atoms with Crippen LogP contribution in [0.3, 0.4) is 0 Å². The Morgan fingerprint density at radius 3 is 2.22 bits per heavy atom. The molecule has 2 aromatic carbocycles. The summed E-state index contributed by atoms with van der Waals surface area (Å²) < 4.78 is 5.57. The number of hydrogen-bond acceptors (Lipinski definition) is 4. The molecule has 0 atom stereocenters. The molecule has 0 saturated heterocycles. The molecule has 5 nitrogen and oxygen atoms in total. The largest absolute Gasteiger partial charge is 0.459 e. The van der Waals surface area contributed by atoms with E-state index in [0.717, 1.165) is 42.6 Å². The average molecular weight is 366 g/mol. The van der Waals surface area contributed by atoms with Crippen LogP contribution in [0.2, 0.25) is 0 Å². The SMILES string of the molecule is Cc1ccc(NC(=O)CNc2ccc(C(=O)OC3CCCCC3)cc2)cc1. The molecule has 0 heterocycles. The van der Waals surface area contributed by atoms with Crippen molar-refractivity contribution in [2.75, 3.05) is 17.2 Å². The smallest absolute Gasteiger partial charge is 0.338 e. The first-order valence-corrected chi connectivity index (χ1v) is 9.51. The lowest BCUT2D eigenvalue weighted by atomic mass is 9.98. The lowest BCUT2D eigenvalue weighted by Gasteiger charge is -2.21. The van der Waals surface area contributed by atoms with Crippen molar-refractivity contribution in [2.24, 2.45) is 0 Å². The molecule has 1 saturated carbocycles. The van der Waals surface area contributed by atoms with Gasteiger partial charge in [-0.3, -0.25) is 4.79 Å². The van der Waals surface area contributed by atoms with Gasteiger partial charge in [0.15, 0.2) is 0 Å². The van der Waals surface area contributed by atoms with Crippen molar-refractivity contribution in [3.8, 4) is 0 Å². The summed E-state index contributed by atoms with van der Waals surface area (Å²) in [4.78, 5) is 24.2. The maximum Gasteiger partial charge on any atom is 0.338 e. The molecule has 1 amide bonds. The van der Waals surface area contributed by atoms with Crippen molar-refractivity contribution in [1.82, 2.24) is 0 Å². The summed E-state index contributed by atoms with van der Waals surface area (Å²) in [7, 11) is 0. The summed E-state index contributed by atoms with van der Waals surface area (Å²) in [6.07, 6.45) is 5.46. The van der Waals surface area contributed by atoms with Crippen molar-refractivity contribution in [1.29, 1.82) is 0 Å². The highest BCUT2D eigenvalue weighted by atomic mass is 16.5. The predicted octanol–water partition coefficient (Wildman–Crippen LogP) is 4.54. The Kier molecular flexibility index (Phi) is 6.47. The number of carbonyl (C=O) groups is 2. The number of ether oxygens (including phenoxy) is 1. The molecule has 2 aromatic rings. The zero-order valence-corrected chi connectivity index (χ0v) is 15.7. The summed E-state index contributed by atoms with van der Waals surface area (Å²) in [6, 6.07) is 14.7. The van der Waals surface area contributed by atoms with Crippen molar-refractivity contribution in [2.45, 2.75) is 45.1 Å². The van der Waals surface area contributed by atoms with E-state index in [-0.39, 0.29) is 24.5 Å². The van der Waals surface area contributed by atoms with Gasteiger partial charge in [-0.2, -0.15) is 0 Å². The number of anilines is 2. The molecule has 0 spiro atoms. The zero-order chi connectivity index (χ0) is 19.1. The van der Waals surface area contributed by atoms with Crippen LogP contribution < -0.4 is 10.6 Å². The highest BCUT2D eigenvalue weighted by molar-refractivity contribution is 5.94. The zero-order valence-electron chi connectivity index (χ0n) is 15.7. The molecule has 0 radical (unpaired) electrons. The minimum atomic E-state index is -0.273. The second kappa shape index (κ2) is 9.21. The van der Waals surface area contributed by atoms with E-state index in [2.05, 4.69) is 10.6 Å². The van der Waals surface area contributed by atoms with E-state index in [4.69, 9.17) is 4.74 Å². The van der Waals surface area contributed by atoms with Crippen LogP contribution in [0.1, 0.15) is 48.0 Å². The topological polar surface area (TPSA) is 67.4 Å². The van der Waals surface area contributed by atoms with Crippen molar-refractivity contribution in [3.63, 3.8) is 0 Å². The third-order valence-electron chi connectivity index (χ3n) is 4.73. The number of rotatable bonds is 6. The van der Waals surface area contributed by atoms with Gasteiger partial charge in [0.2, 0.25) is 5.91 Å². The number of amides is 1. The fraction of sp³-hybridized carbons (Fsp3) is 0.364. The van der Waals surface area contributed by atoms with E-state index < -0.39 is 0 Å². The molecule has 1 aliphatic carbocycles. The number of nitrogens with one attached hydrogen (secondary N) is 2. The van der Waals surface area contributed by atoms with Gasteiger partial charge >= 0.3 is 5.97 Å². The Balaban J connectivity index is 1.46. The normalized spacial score (nSPS) is 14.4. The van der Waals surface area contributed by atoms with E-state index in [1.54, 1.807) is 24.3 Å². The summed E-state index contributed by atoms with van der Waals surface area (Å²) in [6.45, 7) is 2.15. The van der Waals surface area contributed by atoms with Crippen LogP contribution in [0.25, 0.3) is 0 Å². The molecule has 27 heavy (non-hydrogen) atoms. The third kappa shape index (κ3) is 5.84. The number of benzene rings is 2.